The number of nitrogens with zero attached hydrogens (tertiary/aromatic N) is 2. The number of nitrogens with one attached hydrogen (secondary N) is 2. The number of urea groups is 1. The number of hydrogen-bond donors (Lipinski definition) is 2. The Hall–Kier alpha value is -3.15. The van der Waals surface area contributed by atoms with Crippen LogP contribution in [0, 0.1) is 5.82 Å². The van der Waals surface area contributed by atoms with Crippen LogP contribution >= 0.6 is 0 Å². The van der Waals surface area contributed by atoms with Crippen molar-refractivity contribution in [3.63, 3.8) is 0 Å². The van der Waals surface area contributed by atoms with Crippen molar-refractivity contribution < 1.29 is 9.18 Å². The maximum absolute atomic E-state index is 14.8. The lowest BCUT2D eigenvalue weighted by Gasteiger charge is -2.43. The molecule has 1 aliphatic heterocycles. The third-order valence-electron chi connectivity index (χ3n) is 4.94. The summed E-state index contributed by atoms with van der Waals surface area (Å²) in [6.45, 7) is 9.27. The number of fused-ring (bicyclic) bond motifs is 1. The Morgan fingerprint density at radius 1 is 1.24 bits per heavy atom. The first kappa shape index (κ1) is 20.6. The number of anilines is 2. The molecule has 1 heterocycles. The maximum atomic E-state index is 14.8. The molecule has 3 rings (SSSR count). The van der Waals surface area contributed by atoms with Gasteiger partial charge in [-0.3, -0.25) is 0 Å². The number of carbonyl (C=O) groups is 1. The highest BCUT2D eigenvalue weighted by atomic mass is 19.1. The van der Waals surface area contributed by atoms with Crippen molar-refractivity contribution in [2.24, 2.45) is 5.10 Å². The van der Waals surface area contributed by atoms with Gasteiger partial charge in [-0.1, -0.05) is 31.2 Å². The van der Waals surface area contributed by atoms with E-state index in [1.807, 2.05) is 25.1 Å². The van der Waals surface area contributed by atoms with Gasteiger partial charge in [-0.25, -0.2) is 14.6 Å². The first-order valence-electron chi connectivity index (χ1n) is 9.78. The highest BCUT2D eigenvalue weighted by Crippen LogP contribution is 2.39. The van der Waals surface area contributed by atoms with Crippen LogP contribution in [-0.2, 0) is 0 Å². The van der Waals surface area contributed by atoms with Crippen LogP contribution in [0.3, 0.4) is 0 Å². The lowest BCUT2D eigenvalue weighted by Crippen LogP contribution is -2.45. The topological polar surface area (TPSA) is 56.7 Å². The molecule has 0 atom stereocenters. The van der Waals surface area contributed by atoms with E-state index in [1.165, 1.54) is 6.21 Å². The molecule has 0 radical (unpaired) electrons. The molecule has 2 amide bonds. The minimum Gasteiger partial charge on any atom is -0.362 e. The van der Waals surface area contributed by atoms with Gasteiger partial charge < -0.3 is 10.2 Å². The molecule has 29 heavy (non-hydrogen) atoms. The SMILES string of the molecule is CCCN1c2cc(F)c(/C=N/NC(=O)Nc3ccccc3)cc2C(C)=CC1(C)C. The van der Waals surface area contributed by atoms with Crippen molar-refractivity contribution in [3.8, 4) is 0 Å². The number of rotatable bonds is 5. The van der Waals surface area contributed by atoms with Crippen molar-refractivity contribution in [3.05, 3.63) is 65.5 Å². The fourth-order valence-electron chi connectivity index (χ4n) is 3.69. The third kappa shape index (κ3) is 4.65. The lowest BCUT2D eigenvalue weighted by molar-refractivity contribution is 0.252. The van der Waals surface area contributed by atoms with E-state index in [4.69, 9.17) is 0 Å². The van der Waals surface area contributed by atoms with Crippen molar-refractivity contribution in [2.75, 3.05) is 16.8 Å². The third-order valence-corrected chi connectivity index (χ3v) is 4.94. The van der Waals surface area contributed by atoms with Crippen LogP contribution in [0.1, 0.15) is 45.2 Å². The molecule has 0 aromatic heterocycles. The fraction of sp³-hybridized carbons (Fsp3) is 0.304. The Balaban J connectivity index is 1.79. The van der Waals surface area contributed by atoms with Crippen LogP contribution in [0.5, 0.6) is 0 Å². The van der Waals surface area contributed by atoms with Crippen molar-refractivity contribution >= 4 is 29.2 Å². The van der Waals surface area contributed by atoms with Crippen molar-refractivity contribution in [1.82, 2.24) is 5.43 Å². The number of halogens is 1. The zero-order valence-corrected chi connectivity index (χ0v) is 17.3. The van der Waals surface area contributed by atoms with Gasteiger partial charge in [-0.2, -0.15) is 5.10 Å². The van der Waals surface area contributed by atoms with Gasteiger partial charge in [0.1, 0.15) is 5.82 Å². The maximum Gasteiger partial charge on any atom is 0.339 e. The Morgan fingerprint density at radius 2 is 1.97 bits per heavy atom. The van der Waals surface area contributed by atoms with E-state index >= 15 is 0 Å². The van der Waals surface area contributed by atoms with E-state index in [0.717, 1.165) is 29.8 Å². The number of hydrogen-bond acceptors (Lipinski definition) is 3. The summed E-state index contributed by atoms with van der Waals surface area (Å²) in [7, 11) is 0. The Kier molecular flexibility index (Phi) is 6.01. The molecule has 0 bridgehead atoms. The normalized spacial score (nSPS) is 15.1. The molecular weight excluding hydrogens is 367 g/mol. The highest BCUT2D eigenvalue weighted by Gasteiger charge is 2.31. The van der Waals surface area contributed by atoms with Gasteiger partial charge in [0.2, 0.25) is 0 Å². The highest BCUT2D eigenvalue weighted by molar-refractivity contribution is 5.91. The minimum atomic E-state index is -0.488. The monoisotopic (exact) mass is 394 g/mol. The Bertz CT molecular complexity index is 951. The molecule has 5 nitrogen and oxygen atoms in total. The summed E-state index contributed by atoms with van der Waals surface area (Å²) in [6.07, 6.45) is 4.51. The standard InChI is InChI=1S/C23H27FN4O/c1-5-11-28-21-13-20(24)17(12-19(21)16(2)14-23(28,3)4)15-25-27-22(29)26-18-9-7-6-8-10-18/h6-10,12-15H,5,11H2,1-4H3,(H2,26,27,29)/b25-15+. The number of carbonyl (C=O) groups excluding carboxylic acids is 1. The molecule has 2 aromatic rings. The lowest BCUT2D eigenvalue weighted by atomic mass is 9.88. The van der Waals surface area contributed by atoms with Crippen LogP contribution in [0.25, 0.3) is 5.57 Å². The smallest absolute Gasteiger partial charge is 0.339 e. The molecule has 6 heteroatoms. The van der Waals surface area contributed by atoms with Gasteiger partial charge in [0.05, 0.1) is 11.8 Å². The molecule has 2 N–H and O–H groups in total. The fourth-order valence-corrected chi connectivity index (χ4v) is 3.69. The van der Waals surface area contributed by atoms with Crippen LogP contribution in [-0.4, -0.2) is 24.3 Å². The number of allylic oxidation sites excluding steroid dienone is 1. The summed E-state index contributed by atoms with van der Waals surface area (Å²) in [5.74, 6) is -0.371. The van der Waals surface area contributed by atoms with Gasteiger partial charge >= 0.3 is 6.03 Å². The van der Waals surface area contributed by atoms with Gasteiger partial charge in [0, 0.05) is 29.0 Å². The summed E-state index contributed by atoms with van der Waals surface area (Å²) >= 11 is 0. The molecule has 0 aliphatic carbocycles. The van der Waals surface area contributed by atoms with Crippen molar-refractivity contribution in [2.45, 2.75) is 39.7 Å². The number of benzene rings is 2. The summed E-state index contributed by atoms with van der Waals surface area (Å²) in [4.78, 5) is 14.1. The van der Waals surface area contributed by atoms with Gasteiger partial charge in [-0.15, -0.1) is 0 Å². The van der Waals surface area contributed by atoms with E-state index in [1.54, 1.807) is 24.3 Å². The Labute approximate surface area is 171 Å². The second-order valence-electron chi connectivity index (χ2n) is 7.71. The summed E-state index contributed by atoms with van der Waals surface area (Å²) in [5.41, 5.74) is 6.14. The Morgan fingerprint density at radius 3 is 2.66 bits per heavy atom. The average molecular weight is 394 g/mol. The van der Waals surface area contributed by atoms with E-state index in [0.29, 0.717) is 11.3 Å². The summed E-state index contributed by atoms with van der Waals surface area (Å²) in [6, 6.07) is 11.9. The van der Waals surface area contributed by atoms with Crippen molar-refractivity contribution in [1.29, 1.82) is 0 Å². The molecule has 0 fully saturated rings. The largest absolute Gasteiger partial charge is 0.362 e. The van der Waals surface area contributed by atoms with Crippen LogP contribution in [0.2, 0.25) is 0 Å². The molecule has 0 spiro atoms. The molecule has 152 valence electrons. The van der Waals surface area contributed by atoms with E-state index < -0.39 is 6.03 Å². The number of amides is 2. The summed E-state index contributed by atoms with van der Waals surface area (Å²) in [5, 5.41) is 6.55. The average Bonchev–Trinajstić information content (AvgIpc) is 2.66. The van der Waals surface area contributed by atoms with E-state index in [-0.39, 0.29) is 11.4 Å². The molecule has 2 aromatic carbocycles. The minimum absolute atomic E-state index is 0.174. The second kappa shape index (κ2) is 8.47. The second-order valence-corrected chi connectivity index (χ2v) is 7.71. The predicted molar refractivity (Wildman–Crippen MR) is 118 cm³/mol. The molecule has 1 aliphatic rings. The first-order chi connectivity index (χ1) is 13.8. The quantitative estimate of drug-likeness (QED) is 0.527. The van der Waals surface area contributed by atoms with Gasteiger partial charge in [0.25, 0.3) is 0 Å². The predicted octanol–water partition coefficient (Wildman–Crippen LogP) is 5.39. The molecular formula is C23H27FN4O. The van der Waals surface area contributed by atoms with E-state index in [2.05, 4.69) is 47.6 Å². The summed E-state index contributed by atoms with van der Waals surface area (Å²) < 4.78 is 14.8. The van der Waals surface area contributed by atoms with Gasteiger partial charge in [-0.05, 0) is 57.0 Å². The number of para-hydroxylation sites is 1. The van der Waals surface area contributed by atoms with Gasteiger partial charge in [0.15, 0.2) is 0 Å². The van der Waals surface area contributed by atoms with Crippen LogP contribution in [0.15, 0.2) is 53.6 Å². The first-order valence-corrected chi connectivity index (χ1v) is 9.78. The zero-order chi connectivity index (χ0) is 21.0. The molecule has 0 saturated carbocycles. The van der Waals surface area contributed by atoms with E-state index in [9.17, 15) is 9.18 Å². The molecule has 0 unspecified atom stereocenters. The van der Waals surface area contributed by atoms with Crippen LogP contribution < -0.4 is 15.6 Å². The molecule has 0 saturated heterocycles. The number of hydrazone groups is 1. The van der Waals surface area contributed by atoms with Crippen LogP contribution in [0.4, 0.5) is 20.6 Å². The zero-order valence-electron chi connectivity index (χ0n) is 17.3.